The van der Waals surface area contributed by atoms with Crippen LogP contribution >= 0.6 is 45.9 Å². The third kappa shape index (κ3) is 3.27. The van der Waals surface area contributed by atoms with Gasteiger partial charge in [0.1, 0.15) is 0 Å². The van der Waals surface area contributed by atoms with E-state index in [1.165, 1.54) is 22.7 Å². The van der Waals surface area contributed by atoms with Crippen molar-refractivity contribution in [1.82, 2.24) is 4.98 Å². The van der Waals surface area contributed by atoms with Gasteiger partial charge >= 0.3 is 0 Å². The molecule has 0 aliphatic carbocycles. The van der Waals surface area contributed by atoms with Crippen LogP contribution in [0.4, 0.5) is 5.13 Å². The van der Waals surface area contributed by atoms with Gasteiger partial charge in [0.15, 0.2) is 5.13 Å². The van der Waals surface area contributed by atoms with Gasteiger partial charge in [-0.2, -0.15) is 0 Å². The second-order valence-corrected chi connectivity index (χ2v) is 6.74. The minimum atomic E-state index is -0.164. The minimum Gasteiger partial charge on any atom is -0.297 e. The van der Waals surface area contributed by atoms with Crippen molar-refractivity contribution < 1.29 is 4.79 Å². The molecule has 1 amide bonds. The number of rotatable bonds is 3. The fraction of sp³-hybridized carbons (Fsp3) is 0. The molecule has 0 saturated carbocycles. The monoisotopic (exact) mass is 354 g/mol. The van der Waals surface area contributed by atoms with E-state index in [1.807, 2.05) is 16.8 Å². The smallest absolute Gasteiger partial charge is 0.267 e. The average molecular weight is 355 g/mol. The number of nitrogens with zero attached hydrogens (tertiary/aromatic N) is 1. The summed E-state index contributed by atoms with van der Waals surface area (Å²) < 4.78 is 0. The Morgan fingerprint density at radius 1 is 1.19 bits per heavy atom. The maximum absolute atomic E-state index is 12.0. The van der Waals surface area contributed by atoms with E-state index in [1.54, 1.807) is 24.3 Å². The van der Waals surface area contributed by atoms with Crippen molar-refractivity contribution in [1.29, 1.82) is 0 Å². The van der Waals surface area contributed by atoms with E-state index in [-0.39, 0.29) is 5.91 Å². The first-order chi connectivity index (χ1) is 10.1. The molecule has 0 saturated heterocycles. The van der Waals surface area contributed by atoms with Gasteiger partial charge in [-0.3, -0.25) is 10.1 Å². The highest BCUT2D eigenvalue weighted by molar-refractivity contribution is 7.14. The Morgan fingerprint density at radius 3 is 2.81 bits per heavy atom. The lowest BCUT2D eigenvalue weighted by atomic mass is 10.2. The van der Waals surface area contributed by atoms with Gasteiger partial charge in [0.25, 0.3) is 5.91 Å². The molecule has 3 aromatic rings. The van der Waals surface area contributed by atoms with Crippen LogP contribution in [0.5, 0.6) is 0 Å². The summed E-state index contributed by atoms with van der Waals surface area (Å²) in [5.74, 6) is -0.164. The van der Waals surface area contributed by atoms with E-state index in [0.717, 1.165) is 5.56 Å². The highest BCUT2D eigenvalue weighted by Crippen LogP contribution is 2.32. The molecule has 3 rings (SSSR count). The Kier molecular flexibility index (Phi) is 4.26. The fourth-order valence-corrected chi connectivity index (χ4v) is 3.43. The summed E-state index contributed by atoms with van der Waals surface area (Å²) >= 11 is 14.8. The van der Waals surface area contributed by atoms with Crippen molar-refractivity contribution in [2.24, 2.45) is 0 Å². The molecule has 0 fully saturated rings. The molecular weight excluding hydrogens is 347 g/mol. The Balaban J connectivity index is 1.83. The van der Waals surface area contributed by atoms with E-state index in [0.29, 0.717) is 25.7 Å². The maximum Gasteiger partial charge on any atom is 0.267 e. The first kappa shape index (κ1) is 14.5. The fourth-order valence-electron chi connectivity index (χ4n) is 1.72. The second kappa shape index (κ2) is 6.15. The normalized spacial score (nSPS) is 10.6. The molecule has 7 heteroatoms. The van der Waals surface area contributed by atoms with Gasteiger partial charge in [0.2, 0.25) is 0 Å². The van der Waals surface area contributed by atoms with Gasteiger partial charge in [0, 0.05) is 16.0 Å². The first-order valence-corrected chi connectivity index (χ1v) is 8.41. The number of aromatic nitrogens is 1. The number of thiophene rings is 1. The SMILES string of the molecule is O=C(Nc1nc(-c2cc(Cl)ccc2Cl)cs1)c1cccs1. The van der Waals surface area contributed by atoms with Crippen LogP contribution in [0.25, 0.3) is 11.3 Å². The quantitative estimate of drug-likeness (QED) is 0.681. The van der Waals surface area contributed by atoms with Crippen molar-refractivity contribution in [3.63, 3.8) is 0 Å². The summed E-state index contributed by atoms with van der Waals surface area (Å²) in [5.41, 5.74) is 1.44. The molecule has 0 spiro atoms. The van der Waals surface area contributed by atoms with Crippen molar-refractivity contribution >= 4 is 56.9 Å². The van der Waals surface area contributed by atoms with Crippen LogP contribution in [0, 0.1) is 0 Å². The second-order valence-electron chi connectivity index (χ2n) is 4.09. The zero-order chi connectivity index (χ0) is 14.8. The summed E-state index contributed by atoms with van der Waals surface area (Å²) in [5, 5.41) is 8.15. The molecule has 0 unspecified atom stereocenters. The van der Waals surface area contributed by atoms with Crippen LogP contribution < -0.4 is 5.32 Å². The Bertz CT molecular complexity index is 784. The largest absolute Gasteiger partial charge is 0.297 e. The lowest BCUT2D eigenvalue weighted by Crippen LogP contribution is -2.09. The summed E-state index contributed by atoms with van der Waals surface area (Å²) in [4.78, 5) is 17.0. The summed E-state index contributed by atoms with van der Waals surface area (Å²) in [7, 11) is 0. The van der Waals surface area contributed by atoms with E-state index >= 15 is 0 Å². The van der Waals surface area contributed by atoms with Gasteiger partial charge in [-0.25, -0.2) is 4.98 Å². The predicted molar refractivity (Wildman–Crippen MR) is 89.8 cm³/mol. The van der Waals surface area contributed by atoms with E-state index in [9.17, 15) is 4.79 Å². The number of nitrogens with one attached hydrogen (secondary N) is 1. The van der Waals surface area contributed by atoms with Gasteiger partial charge in [-0.15, -0.1) is 22.7 Å². The zero-order valence-electron chi connectivity index (χ0n) is 10.5. The van der Waals surface area contributed by atoms with Crippen LogP contribution in [0.2, 0.25) is 10.0 Å². The molecule has 1 N–H and O–H groups in total. The third-order valence-electron chi connectivity index (χ3n) is 2.67. The molecule has 2 heterocycles. The van der Waals surface area contributed by atoms with Crippen LogP contribution in [0.15, 0.2) is 41.1 Å². The van der Waals surface area contributed by atoms with Crippen LogP contribution in [-0.2, 0) is 0 Å². The van der Waals surface area contributed by atoms with E-state index in [2.05, 4.69) is 10.3 Å². The lowest BCUT2D eigenvalue weighted by Gasteiger charge is -2.01. The average Bonchev–Trinajstić information content (AvgIpc) is 3.12. The summed E-state index contributed by atoms with van der Waals surface area (Å²) in [6.07, 6.45) is 0. The molecule has 0 radical (unpaired) electrons. The van der Waals surface area contributed by atoms with Gasteiger partial charge in [-0.1, -0.05) is 29.3 Å². The molecule has 0 aliphatic rings. The molecule has 1 aromatic carbocycles. The Hall–Kier alpha value is -1.40. The first-order valence-electron chi connectivity index (χ1n) is 5.89. The highest BCUT2D eigenvalue weighted by atomic mass is 35.5. The van der Waals surface area contributed by atoms with Crippen molar-refractivity contribution in [3.05, 3.63) is 56.0 Å². The zero-order valence-corrected chi connectivity index (χ0v) is 13.6. The van der Waals surface area contributed by atoms with Gasteiger partial charge < -0.3 is 0 Å². The molecule has 106 valence electrons. The summed E-state index contributed by atoms with van der Waals surface area (Å²) in [6.45, 7) is 0. The van der Waals surface area contributed by atoms with E-state index < -0.39 is 0 Å². The highest BCUT2D eigenvalue weighted by Gasteiger charge is 2.12. The standard InChI is InChI=1S/C14H8Cl2N2OS2/c15-8-3-4-10(16)9(6-8)11-7-21-14(17-11)18-13(19)12-2-1-5-20-12/h1-7H,(H,17,18,19). The maximum atomic E-state index is 12.0. The molecule has 3 nitrogen and oxygen atoms in total. The number of benzene rings is 1. The lowest BCUT2D eigenvalue weighted by molar-refractivity contribution is 0.103. The number of carbonyl (C=O) groups excluding carboxylic acids is 1. The minimum absolute atomic E-state index is 0.164. The van der Waals surface area contributed by atoms with Crippen molar-refractivity contribution in [2.45, 2.75) is 0 Å². The van der Waals surface area contributed by atoms with Crippen LogP contribution in [0.1, 0.15) is 9.67 Å². The molecule has 0 bridgehead atoms. The van der Waals surface area contributed by atoms with Crippen LogP contribution in [0.3, 0.4) is 0 Å². The third-order valence-corrected chi connectivity index (χ3v) is 4.87. The number of anilines is 1. The number of amides is 1. The Morgan fingerprint density at radius 2 is 2.05 bits per heavy atom. The van der Waals surface area contributed by atoms with Gasteiger partial charge in [0.05, 0.1) is 15.6 Å². The van der Waals surface area contributed by atoms with Gasteiger partial charge in [-0.05, 0) is 29.6 Å². The van der Waals surface area contributed by atoms with Crippen molar-refractivity contribution in [3.8, 4) is 11.3 Å². The molecular formula is C14H8Cl2N2OS2. The molecule has 0 atom stereocenters. The molecule has 0 aliphatic heterocycles. The van der Waals surface area contributed by atoms with Crippen molar-refractivity contribution in [2.75, 3.05) is 5.32 Å². The topological polar surface area (TPSA) is 42.0 Å². The molecule has 2 aromatic heterocycles. The Labute approximate surface area is 139 Å². The number of halogens is 2. The number of hydrogen-bond acceptors (Lipinski definition) is 4. The summed E-state index contributed by atoms with van der Waals surface area (Å²) in [6, 6.07) is 8.80. The number of carbonyl (C=O) groups is 1. The number of hydrogen-bond donors (Lipinski definition) is 1. The van der Waals surface area contributed by atoms with E-state index in [4.69, 9.17) is 23.2 Å². The molecule has 21 heavy (non-hydrogen) atoms. The predicted octanol–water partition coefficient (Wildman–Crippen LogP) is 5.43. The van der Waals surface area contributed by atoms with Crippen LogP contribution in [-0.4, -0.2) is 10.9 Å². The number of thiazole rings is 1.